The second kappa shape index (κ2) is 12.4. The van der Waals surface area contributed by atoms with Gasteiger partial charge in [0.1, 0.15) is 29.5 Å². The number of hydrogen-bond donors (Lipinski definition) is 1. The van der Waals surface area contributed by atoms with Crippen molar-refractivity contribution in [1.82, 2.24) is 19.4 Å². The molecular formula is C32H32FN5O5. The van der Waals surface area contributed by atoms with Crippen LogP contribution in [0.3, 0.4) is 0 Å². The summed E-state index contributed by atoms with van der Waals surface area (Å²) in [6.45, 7) is 3.67. The van der Waals surface area contributed by atoms with Crippen molar-refractivity contribution in [3.05, 3.63) is 82.6 Å². The number of carbonyl (C=O) groups is 1. The topological polar surface area (TPSA) is 123 Å². The van der Waals surface area contributed by atoms with E-state index in [2.05, 4.69) is 9.47 Å². The highest BCUT2D eigenvalue weighted by Gasteiger charge is 2.27. The summed E-state index contributed by atoms with van der Waals surface area (Å²) >= 11 is 0. The Balaban J connectivity index is 1.13. The number of hydrogen-bond acceptors (Lipinski definition) is 8. The number of fused-ring (bicyclic) bond motifs is 1. The molecule has 10 nitrogen and oxygen atoms in total. The van der Waals surface area contributed by atoms with Crippen LogP contribution >= 0.6 is 0 Å². The Hall–Kier alpha value is -4.53. The number of aromatic nitrogens is 3. The molecule has 0 radical (unpaired) electrons. The number of imidazole rings is 1. The number of carboxylic acid groups (broad SMARTS) is 1. The smallest absolute Gasteiger partial charge is 0.335 e. The molecule has 0 amide bonds. The van der Waals surface area contributed by atoms with Crippen molar-refractivity contribution in [2.24, 2.45) is 0 Å². The highest BCUT2D eigenvalue weighted by atomic mass is 19.1. The van der Waals surface area contributed by atoms with E-state index < -0.39 is 11.8 Å². The molecule has 2 fully saturated rings. The Morgan fingerprint density at radius 1 is 1.16 bits per heavy atom. The molecule has 1 N–H and O–H groups in total. The predicted molar refractivity (Wildman–Crippen MR) is 155 cm³/mol. The lowest BCUT2D eigenvalue weighted by molar-refractivity contribution is -0.0592. The first-order valence-electron chi connectivity index (χ1n) is 14.3. The Bertz CT molecular complexity index is 1690. The molecule has 0 saturated carbocycles. The monoisotopic (exact) mass is 585 g/mol. The molecule has 0 bridgehead atoms. The molecule has 4 heterocycles. The van der Waals surface area contributed by atoms with Gasteiger partial charge in [-0.25, -0.2) is 19.2 Å². The van der Waals surface area contributed by atoms with Crippen molar-refractivity contribution in [2.45, 2.75) is 51.0 Å². The molecule has 11 heteroatoms. The van der Waals surface area contributed by atoms with Gasteiger partial charge in [0.25, 0.3) is 0 Å². The van der Waals surface area contributed by atoms with E-state index in [1.807, 2.05) is 18.2 Å². The van der Waals surface area contributed by atoms with Gasteiger partial charge in [0.2, 0.25) is 5.88 Å². The van der Waals surface area contributed by atoms with Crippen molar-refractivity contribution in [2.75, 3.05) is 26.8 Å². The van der Waals surface area contributed by atoms with Crippen LogP contribution in [-0.2, 0) is 24.4 Å². The number of piperidine rings is 1. The molecule has 0 spiro atoms. The number of methoxy groups -OCH3 is 1. The zero-order valence-corrected chi connectivity index (χ0v) is 23.8. The van der Waals surface area contributed by atoms with Crippen LogP contribution in [0.1, 0.15) is 58.2 Å². The molecule has 222 valence electrons. The maximum absolute atomic E-state index is 14.3. The van der Waals surface area contributed by atoms with E-state index in [0.717, 1.165) is 56.0 Å². The Labute approximate surface area is 248 Å². The first-order valence-corrected chi connectivity index (χ1v) is 14.3. The fourth-order valence-corrected chi connectivity index (χ4v) is 5.69. The van der Waals surface area contributed by atoms with Crippen LogP contribution in [0.2, 0.25) is 0 Å². The van der Waals surface area contributed by atoms with Gasteiger partial charge in [0.15, 0.2) is 0 Å². The van der Waals surface area contributed by atoms with Crippen LogP contribution < -0.4 is 9.47 Å². The van der Waals surface area contributed by atoms with Crippen molar-refractivity contribution in [3.63, 3.8) is 0 Å². The quantitative estimate of drug-likeness (QED) is 0.277. The van der Waals surface area contributed by atoms with Gasteiger partial charge < -0.3 is 23.9 Å². The van der Waals surface area contributed by atoms with E-state index in [4.69, 9.17) is 29.4 Å². The minimum Gasteiger partial charge on any atom is -0.494 e. The summed E-state index contributed by atoms with van der Waals surface area (Å²) in [4.78, 5) is 23.8. The SMILES string of the molecule is COc1cc(C(=O)O)cc2c1nc(CN1CCC(c3cccc(OCc4ccc(C#N)cc4F)n3)CC1)n2C[C@@H]1CCO1. The first kappa shape index (κ1) is 28.6. The number of rotatable bonds is 10. The van der Waals surface area contributed by atoms with Crippen LogP contribution in [0.5, 0.6) is 11.6 Å². The maximum Gasteiger partial charge on any atom is 0.335 e. The van der Waals surface area contributed by atoms with Crippen molar-refractivity contribution in [3.8, 4) is 17.7 Å². The number of aromatic carboxylic acids is 1. The summed E-state index contributed by atoms with van der Waals surface area (Å²) in [5, 5.41) is 18.6. The molecule has 2 aliphatic rings. The molecule has 2 aliphatic heterocycles. The number of halogens is 1. The molecule has 0 aliphatic carbocycles. The number of pyridine rings is 1. The average molecular weight is 586 g/mol. The number of benzene rings is 2. The number of carboxylic acids is 1. The fraction of sp³-hybridized carbons (Fsp3) is 0.375. The Kier molecular flexibility index (Phi) is 8.22. The number of nitrogens with zero attached hydrogens (tertiary/aromatic N) is 5. The van der Waals surface area contributed by atoms with Gasteiger partial charge in [-0.1, -0.05) is 12.1 Å². The van der Waals surface area contributed by atoms with Crippen LogP contribution in [-0.4, -0.2) is 63.4 Å². The van der Waals surface area contributed by atoms with Crippen molar-refractivity contribution >= 4 is 17.0 Å². The summed E-state index contributed by atoms with van der Waals surface area (Å²) < 4.78 is 33.4. The summed E-state index contributed by atoms with van der Waals surface area (Å²) in [5.74, 6) is 0.502. The summed E-state index contributed by atoms with van der Waals surface area (Å²) in [7, 11) is 1.53. The van der Waals surface area contributed by atoms with E-state index in [1.54, 1.807) is 24.3 Å². The van der Waals surface area contributed by atoms with Gasteiger partial charge in [-0.15, -0.1) is 0 Å². The highest BCUT2D eigenvalue weighted by molar-refractivity contribution is 5.95. The standard InChI is InChI=1S/C32H32FN5O5/c1-41-28-15-23(32(39)40)14-27-31(28)36-29(38(27)17-24-9-12-42-24)18-37-10-7-21(8-11-37)26-3-2-4-30(35-26)43-19-22-6-5-20(16-34)13-25(22)33/h2-6,13-15,21,24H,7-12,17-19H2,1H3,(H,39,40)/t24-/m0/s1. The first-order chi connectivity index (χ1) is 20.9. The van der Waals surface area contributed by atoms with Gasteiger partial charge in [-0.2, -0.15) is 5.26 Å². The second-order valence-corrected chi connectivity index (χ2v) is 10.9. The van der Waals surface area contributed by atoms with Crippen LogP contribution in [0.25, 0.3) is 11.0 Å². The second-order valence-electron chi connectivity index (χ2n) is 10.9. The third-order valence-electron chi connectivity index (χ3n) is 8.22. The molecule has 2 aromatic heterocycles. The minimum atomic E-state index is -1.01. The average Bonchev–Trinajstić information content (AvgIpc) is 3.34. The number of likely N-dealkylation sites (tertiary alicyclic amines) is 1. The van der Waals surface area contributed by atoms with Crippen LogP contribution in [0, 0.1) is 17.1 Å². The van der Waals surface area contributed by atoms with E-state index >= 15 is 0 Å². The van der Waals surface area contributed by atoms with E-state index in [0.29, 0.717) is 35.8 Å². The normalized spacial score (nSPS) is 17.4. The van der Waals surface area contributed by atoms with E-state index in [1.165, 1.54) is 19.2 Å². The maximum atomic E-state index is 14.3. The summed E-state index contributed by atoms with van der Waals surface area (Å²) in [6.07, 6.45) is 2.84. The molecule has 6 rings (SSSR count). The number of nitriles is 1. The predicted octanol–water partition coefficient (Wildman–Crippen LogP) is 4.90. The molecule has 2 aromatic carbocycles. The van der Waals surface area contributed by atoms with Gasteiger partial charge in [0, 0.05) is 29.8 Å². The Morgan fingerprint density at radius 3 is 2.65 bits per heavy atom. The van der Waals surface area contributed by atoms with E-state index in [9.17, 15) is 14.3 Å². The summed E-state index contributed by atoms with van der Waals surface area (Å²) in [6, 6.07) is 15.1. The Morgan fingerprint density at radius 2 is 1.98 bits per heavy atom. The zero-order chi connectivity index (χ0) is 29.9. The third kappa shape index (κ3) is 6.16. The molecule has 2 saturated heterocycles. The summed E-state index contributed by atoms with van der Waals surface area (Å²) in [5.41, 5.74) is 3.12. The van der Waals surface area contributed by atoms with Gasteiger partial charge in [-0.3, -0.25) is 4.90 Å². The van der Waals surface area contributed by atoms with Gasteiger partial charge in [0.05, 0.1) is 49.0 Å². The molecule has 4 aromatic rings. The molecule has 0 unspecified atom stereocenters. The largest absolute Gasteiger partial charge is 0.494 e. The lowest BCUT2D eigenvalue weighted by Gasteiger charge is -2.32. The third-order valence-corrected chi connectivity index (χ3v) is 8.22. The lowest BCUT2D eigenvalue weighted by Crippen LogP contribution is -2.35. The van der Waals surface area contributed by atoms with E-state index in [-0.39, 0.29) is 29.8 Å². The van der Waals surface area contributed by atoms with Crippen molar-refractivity contribution in [1.29, 1.82) is 5.26 Å². The van der Waals surface area contributed by atoms with Gasteiger partial charge in [-0.05, 0) is 62.7 Å². The molecular weight excluding hydrogens is 553 g/mol. The van der Waals surface area contributed by atoms with Crippen LogP contribution in [0.4, 0.5) is 4.39 Å². The molecule has 1 atom stereocenters. The zero-order valence-electron chi connectivity index (χ0n) is 23.8. The highest BCUT2D eigenvalue weighted by Crippen LogP contribution is 2.32. The number of ether oxygens (including phenoxy) is 3. The lowest BCUT2D eigenvalue weighted by atomic mass is 9.93. The van der Waals surface area contributed by atoms with Crippen molar-refractivity contribution < 1.29 is 28.5 Å². The molecule has 43 heavy (non-hydrogen) atoms. The minimum absolute atomic E-state index is 0.0259. The fourth-order valence-electron chi connectivity index (χ4n) is 5.69. The van der Waals surface area contributed by atoms with Crippen LogP contribution in [0.15, 0.2) is 48.5 Å². The van der Waals surface area contributed by atoms with Gasteiger partial charge >= 0.3 is 5.97 Å².